The third-order valence-corrected chi connectivity index (χ3v) is 4.65. The van der Waals surface area contributed by atoms with Crippen molar-refractivity contribution < 1.29 is 9.90 Å². The number of benzene rings is 2. The summed E-state index contributed by atoms with van der Waals surface area (Å²) < 4.78 is 0. The minimum absolute atomic E-state index is 0.116. The molecule has 136 valence electrons. The molecule has 0 spiro atoms. The van der Waals surface area contributed by atoms with Crippen LogP contribution in [0.15, 0.2) is 54.6 Å². The highest BCUT2D eigenvalue weighted by Gasteiger charge is 2.19. The number of carbonyl (C=O) groups excluding carboxylic acids is 1. The number of likely N-dealkylation sites (tertiary alicyclic amines) is 1. The van der Waals surface area contributed by atoms with Gasteiger partial charge in [-0.25, -0.2) is 0 Å². The van der Waals surface area contributed by atoms with Crippen LogP contribution in [0.1, 0.15) is 34.3 Å². The number of nitrogens with zero attached hydrogens (tertiary/aromatic N) is 2. The number of aromatic hydroxyl groups is 1. The van der Waals surface area contributed by atoms with Crippen molar-refractivity contribution >= 4 is 11.5 Å². The molecule has 1 aliphatic heterocycles. The van der Waals surface area contributed by atoms with Gasteiger partial charge in [-0.3, -0.25) is 4.79 Å². The van der Waals surface area contributed by atoms with E-state index in [1.165, 1.54) is 0 Å². The third-order valence-electron chi connectivity index (χ3n) is 4.65. The highest BCUT2D eigenvalue weighted by Crippen LogP contribution is 2.26. The number of rotatable bonds is 5. The molecule has 1 saturated heterocycles. The van der Waals surface area contributed by atoms with E-state index in [0.29, 0.717) is 0 Å². The van der Waals surface area contributed by atoms with E-state index in [1.54, 1.807) is 12.1 Å². The van der Waals surface area contributed by atoms with Gasteiger partial charge in [-0.2, -0.15) is 0 Å². The summed E-state index contributed by atoms with van der Waals surface area (Å²) in [5.41, 5.74) is 3.79. The van der Waals surface area contributed by atoms with E-state index in [2.05, 4.69) is 11.0 Å². The Morgan fingerprint density at radius 3 is 2.31 bits per heavy atom. The summed E-state index contributed by atoms with van der Waals surface area (Å²) in [5, 5.41) is 9.84. The Balaban J connectivity index is 1.89. The predicted octanol–water partition coefficient (Wildman–Crippen LogP) is 3.62. The van der Waals surface area contributed by atoms with Crippen LogP contribution in [-0.2, 0) is 0 Å². The lowest BCUT2D eigenvalue weighted by molar-refractivity contribution is 0.0793. The molecule has 1 heterocycles. The first kappa shape index (κ1) is 18.2. The molecule has 26 heavy (non-hydrogen) atoms. The van der Waals surface area contributed by atoms with Gasteiger partial charge in [0.2, 0.25) is 0 Å². The second-order valence-corrected chi connectivity index (χ2v) is 7.01. The van der Waals surface area contributed by atoms with Crippen molar-refractivity contribution in [3.05, 3.63) is 71.3 Å². The molecule has 0 atom stereocenters. The summed E-state index contributed by atoms with van der Waals surface area (Å²) in [7, 11) is 4.04. The largest absolute Gasteiger partial charge is 0.508 e. The fourth-order valence-electron chi connectivity index (χ4n) is 3.24. The molecule has 0 saturated carbocycles. The zero-order valence-corrected chi connectivity index (χ0v) is 15.5. The summed E-state index contributed by atoms with van der Waals surface area (Å²) >= 11 is 0. The first-order valence-electron chi connectivity index (χ1n) is 9.08. The van der Waals surface area contributed by atoms with E-state index in [4.69, 9.17) is 0 Å². The zero-order chi connectivity index (χ0) is 18.5. The number of phenolic OH excluding ortho intramolecular Hbond substituents is 1. The number of hydrogen-bond acceptors (Lipinski definition) is 3. The van der Waals surface area contributed by atoms with Crippen molar-refractivity contribution in [1.82, 2.24) is 9.80 Å². The fraction of sp³-hybridized carbons (Fsp3) is 0.318. The van der Waals surface area contributed by atoms with Gasteiger partial charge in [0.1, 0.15) is 5.75 Å². The summed E-state index contributed by atoms with van der Waals surface area (Å²) in [6.45, 7) is 2.51. The van der Waals surface area contributed by atoms with E-state index in [1.807, 2.05) is 55.4 Å². The van der Waals surface area contributed by atoms with E-state index >= 15 is 0 Å². The molecule has 0 aromatic heterocycles. The van der Waals surface area contributed by atoms with E-state index in [0.717, 1.165) is 54.7 Å². The number of amides is 1. The standard InChI is InChI=1S/C22H26N2O2/c1-23(2)15-12-21(19-6-5-7-20(25)16-19)17-8-10-18(11-9-17)22(26)24-13-3-4-14-24/h5-12,16,25H,3-4,13-15H2,1-2H3/b21-12-. The average Bonchev–Trinajstić information content (AvgIpc) is 3.16. The highest BCUT2D eigenvalue weighted by atomic mass is 16.3. The van der Waals surface area contributed by atoms with Gasteiger partial charge in [-0.05, 0) is 67.9 Å². The number of carbonyl (C=O) groups is 1. The molecule has 4 nitrogen and oxygen atoms in total. The van der Waals surface area contributed by atoms with E-state index in [9.17, 15) is 9.90 Å². The molecule has 1 N–H and O–H groups in total. The number of phenols is 1. The molecule has 4 heteroatoms. The van der Waals surface area contributed by atoms with Gasteiger partial charge in [-0.15, -0.1) is 0 Å². The van der Waals surface area contributed by atoms with Crippen LogP contribution in [0.2, 0.25) is 0 Å². The maximum atomic E-state index is 12.5. The molecule has 1 amide bonds. The lowest BCUT2D eigenvalue weighted by Crippen LogP contribution is -2.27. The average molecular weight is 350 g/mol. The Labute approximate surface area is 155 Å². The quantitative estimate of drug-likeness (QED) is 0.896. The summed E-state index contributed by atoms with van der Waals surface area (Å²) in [4.78, 5) is 16.5. The SMILES string of the molecule is CN(C)C/C=C(/c1ccc(C(=O)N2CCCC2)cc1)c1cccc(O)c1. The third kappa shape index (κ3) is 4.33. The molecule has 1 fully saturated rings. The molecule has 0 aliphatic carbocycles. The number of hydrogen-bond donors (Lipinski definition) is 1. The second kappa shape index (κ2) is 8.19. The lowest BCUT2D eigenvalue weighted by Gasteiger charge is -2.16. The monoisotopic (exact) mass is 350 g/mol. The molecule has 0 bridgehead atoms. The Hall–Kier alpha value is -2.59. The summed E-state index contributed by atoms with van der Waals surface area (Å²) in [6, 6.07) is 15.1. The molecular formula is C22H26N2O2. The summed E-state index contributed by atoms with van der Waals surface area (Å²) in [5.74, 6) is 0.365. The topological polar surface area (TPSA) is 43.8 Å². The first-order chi connectivity index (χ1) is 12.5. The molecular weight excluding hydrogens is 324 g/mol. The van der Waals surface area contributed by atoms with Gasteiger partial charge in [-0.1, -0.05) is 30.3 Å². The van der Waals surface area contributed by atoms with Crippen LogP contribution < -0.4 is 0 Å². The second-order valence-electron chi connectivity index (χ2n) is 7.01. The van der Waals surface area contributed by atoms with Gasteiger partial charge in [0.15, 0.2) is 0 Å². The molecule has 2 aromatic rings. The van der Waals surface area contributed by atoms with E-state index < -0.39 is 0 Å². The van der Waals surface area contributed by atoms with Crippen molar-refractivity contribution in [2.75, 3.05) is 33.7 Å². The maximum Gasteiger partial charge on any atom is 0.253 e. The molecule has 2 aromatic carbocycles. The van der Waals surface area contributed by atoms with E-state index in [-0.39, 0.29) is 11.7 Å². The van der Waals surface area contributed by atoms with Crippen LogP contribution in [0.5, 0.6) is 5.75 Å². The van der Waals surface area contributed by atoms with Gasteiger partial charge < -0.3 is 14.9 Å². The maximum absolute atomic E-state index is 12.5. The molecule has 3 rings (SSSR count). The Kier molecular flexibility index (Phi) is 5.74. The van der Waals surface area contributed by atoms with Gasteiger partial charge in [0.25, 0.3) is 5.91 Å². The normalized spacial score (nSPS) is 14.9. The smallest absolute Gasteiger partial charge is 0.253 e. The van der Waals surface area contributed by atoms with Gasteiger partial charge in [0.05, 0.1) is 0 Å². The van der Waals surface area contributed by atoms with Crippen molar-refractivity contribution in [1.29, 1.82) is 0 Å². The Bertz CT molecular complexity index is 788. The van der Waals surface area contributed by atoms with Crippen LogP contribution >= 0.6 is 0 Å². The Morgan fingerprint density at radius 2 is 1.69 bits per heavy atom. The molecule has 1 aliphatic rings. The van der Waals surface area contributed by atoms with Crippen LogP contribution in [0.25, 0.3) is 5.57 Å². The van der Waals surface area contributed by atoms with Crippen molar-refractivity contribution in [3.8, 4) is 5.75 Å². The van der Waals surface area contributed by atoms with Crippen LogP contribution in [0.4, 0.5) is 0 Å². The molecule has 0 unspecified atom stereocenters. The minimum atomic E-state index is 0.116. The predicted molar refractivity (Wildman–Crippen MR) is 105 cm³/mol. The number of likely N-dealkylation sites (N-methyl/N-ethyl adjacent to an activating group) is 1. The van der Waals surface area contributed by atoms with Gasteiger partial charge >= 0.3 is 0 Å². The summed E-state index contributed by atoms with van der Waals surface area (Å²) in [6.07, 6.45) is 4.34. The van der Waals surface area contributed by atoms with Crippen molar-refractivity contribution in [2.45, 2.75) is 12.8 Å². The van der Waals surface area contributed by atoms with Crippen molar-refractivity contribution in [3.63, 3.8) is 0 Å². The zero-order valence-electron chi connectivity index (χ0n) is 15.5. The molecule has 0 radical (unpaired) electrons. The van der Waals surface area contributed by atoms with Crippen molar-refractivity contribution in [2.24, 2.45) is 0 Å². The van der Waals surface area contributed by atoms with Gasteiger partial charge in [0, 0.05) is 25.2 Å². The first-order valence-corrected chi connectivity index (χ1v) is 9.08. The minimum Gasteiger partial charge on any atom is -0.508 e. The van der Waals surface area contributed by atoms with Crippen LogP contribution in [-0.4, -0.2) is 54.5 Å². The lowest BCUT2D eigenvalue weighted by atomic mass is 9.96. The highest BCUT2D eigenvalue weighted by molar-refractivity contribution is 5.95. The van der Waals surface area contributed by atoms with Crippen LogP contribution in [0.3, 0.4) is 0 Å². The fourth-order valence-corrected chi connectivity index (χ4v) is 3.24. The Morgan fingerprint density at radius 1 is 1.04 bits per heavy atom. The van der Waals surface area contributed by atoms with Crippen LogP contribution in [0, 0.1) is 0 Å².